The summed E-state index contributed by atoms with van der Waals surface area (Å²) in [7, 11) is 0. The van der Waals surface area contributed by atoms with E-state index in [0.717, 1.165) is 20.8 Å². The van der Waals surface area contributed by atoms with Crippen molar-refractivity contribution in [3.8, 4) is 0 Å². The van der Waals surface area contributed by atoms with Gasteiger partial charge in [-0.25, -0.2) is 9.67 Å². The maximum atomic E-state index is 12.1. The lowest BCUT2D eigenvalue weighted by Gasteiger charge is -2.03. The first-order valence-electron chi connectivity index (χ1n) is 6.16. The molecule has 0 saturated heterocycles. The zero-order valence-electron chi connectivity index (χ0n) is 11.3. The molecule has 0 amide bonds. The monoisotopic (exact) mass is 338 g/mol. The van der Waals surface area contributed by atoms with Crippen LogP contribution in [0.2, 0.25) is 10.0 Å². The Balaban J connectivity index is 2.05. The van der Waals surface area contributed by atoms with Crippen molar-refractivity contribution in [2.45, 2.75) is 20.4 Å². The van der Waals surface area contributed by atoms with Crippen LogP contribution in [0.4, 0.5) is 0 Å². The van der Waals surface area contributed by atoms with Crippen LogP contribution in [0.25, 0.3) is 10.2 Å². The maximum Gasteiger partial charge on any atom is 0.270 e. The number of hydrogen-bond acceptors (Lipinski definition) is 4. The fourth-order valence-corrected chi connectivity index (χ4v) is 3.46. The average Bonchev–Trinajstić information content (AvgIpc) is 2.82. The predicted molar refractivity (Wildman–Crippen MR) is 85.5 cm³/mol. The van der Waals surface area contributed by atoms with Gasteiger partial charge in [-0.1, -0.05) is 23.2 Å². The Labute approximate surface area is 135 Å². The molecule has 0 fully saturated rings. The van der Waals surface area contributed by atoms with Crippen molar-refractivity contribution in [2.75, 3.05) is 0 Å². The number of halogens is 2. The van der Waals surface area contributed by atoms with Gasteiger partial charge >= 0.3 is 0 Å². The molecule has 1 radical (unpaired) electrons. The molecule has 0 aliphatic heterocycles. The molecule has 21 heavy (non-hydrogen) atoms. The fourth-order valence-electron chi connectivity index (χ4n) is 1.93. The standard InChI is InChI=1S/C14H10Cl2N3OS/c1-7-5-17-19(14(20)8(7)2)6-12-18-11-4-9(15)3-10(16)13(11)21-12/h3-4H,6H2,1-2H3. The van der Waals surface area contributed by atoms with E-state index in [4.69, 9.17) is 23.2 Å². The highest BCUT2D eigenvalue weighted by Gasteiger charge is 2.11. The quantitative estimate of drug-likeness (QED) is 0.716. The molecule has 0 spiro atoms. The van der Waals surface area contributed by atoms with Crippen molar-refractivity contribution < 1.29 is 0 Å². The fraction of sp³-hybridized carbons (Fsp3) is 0.214. The van der Waals surface area contributed by atoms with Gasteiger partial charge in [0.15, 0.2) is 0 Å². The van der Waals surface area contributed by atoms with Crippen LogP contribution < -0.4 is 5.56 Å². The molecule has 1 aromatic carbocycles. The second-order valence-corrected chi connectivity index (χ2v) is 6.60. The molecule has 4 nitrogen and oxygen atoms in total. The third-order valence-electron chi connectivity index (χ3n) is 3.19. The predicted octanol–water partition coefficient (Wildman–Crippen LogP) is 3.63. The van der Waals surface area contributed by atoms with Crippen molar-refractivity contribution in [1.29, 1.82) is 0 Å². The normalized spacial score (nSPS) is 11.2. The zero-order valence-corrected chi connectivity index (χ0v) is 13.6. The van der Waals surface area contributed by atoms with Crippen molar-refractivity contribution in [3.05, 3.63) is 54.9 Å². The molecule has 2 aromatic heterocycles. The van der Waals surface area contributed by atoms with E-state index < -0.39 is 0 Å². The van der Waals surface area contributed by atoms with Crippen LogP contribution in [0, 0.1) is 20.0 Å². The summed E-state index contributed by atoms with van der Waals surface area (Å²) in [6.45, 7) is 3.87. The lowest BCUT2D eigenvalue weighted by atomic mass is 10.2. The molecule has 7 heteroatoms. The van der Waals surface area contributed by atoms with Crippen molar-refractivity contribution in [1.82, 2.24) is 14.8 Å². The number of aromatic nitrogens is 3. The third kappa shape index (κ3) is 2.69. The topological polar surface area (TPSA) is 47.8 Å². The van der Waals surface area contributed by atoms with Crippen LogP contribution in [0.3, 0.4) is 0 Å². The van der Waals surface area contributed by atoms with E-state index in [0.29, 0.717) is 22.2 Å². The molecular weight excluding hydrogens is 329 g/mol. The first-order chi connectivity index (χ1) is 9.95. The summed E-state index contributed by atoms with van der Waals surface area (Å²) in [5.74, 6) is 0. The minimum absolute atomic E-state index is 0.130. The van der Waals surface area contributed by atoms with Gasteiger partial charge in [0.2, 0.25) is 0 Å². The van der Waals surface area contributed by atoms with Gasteiger partial charge in [-0.2, -0.15) is 5.10 Å². The van der Waals surface area contributed by atoms with Gasteiger partial charge in [0, 0.05) is 10.6 Å². The first kappa shape index (κ1) is 14.5. The molecule has 2 heterocycles. The minimum Gasteiger partial charge on any atom is -0.267 e. The van der Waals surface area contributed by atoms with Crippen LogP contribution in [-0.2, 0) is 6.54 Å². The first-order valence-corrected chi connectivity index (χ1v) is 7.73. The van der Waals surface area contributed by atoms with E-state index in [1.807, 2.05) is 6.92 Å². The molecule has 107 valence electrons. The van der Waals surface area contributed by atoms with Gasteiger partial charge in [0.05, 0.1) is 21.8 Å². The summed E-state index contributed by atoms with van der Waals surface area (Å²) in [6.07, 6.45) is 2.83. The van der Waals surface area contributed by atoms with Gasteiger partial charge in [0.25, 0.3) is 5.56 Å². The van der Waals surface area contributed by atoms with Crippen LogP contribution in [0.15, 0.2) is 16.9 Å². The molecule has 0 atom stereocenters. The number of thiazole rings is 1. The number of benzene rings is 1. The largest absolute Gasteiger partial charge is 0.270 e. The minimum atomic E-state index is -0.130. The van der Waals surface area contributed by atoms with E-state index in [1.54, 1.807) is 19.1 Å². The van der Waals surface area contributed by atoms with Gasteiger partial charge in [-0.3, -0.25) is 4.79 Å². The number of rotatable bonds is 2. The molecule has 0 N–H and O–H groups in total. The Morgan fingerprint density at radius 3 is 2.86 bits per heavy atom. The number of aryl methyl sites for hydroxylation is 1. The third-order valence-corrected chi connectivity index (χ3v) is 4.91. The summed E-state index contributed by atoms with van der Waals surface area (Å²) in [6, 6.07) is 3.44. The summed E-state index contributed by atoms with van der Waals surface area (Å²) in [5, 5.41) is 5.89. The Morgan fingerprint density at radius 1 is 1.33 bits per heavy atom. The summed E-state index contributed by atoms with van der Waals surface area (Å²) >= 11 is 13.5. The highest BCUT2D eigenvalue weighted by molar-refractivity contribution is 7.19. The Bertz CT molecular complexity index is 901. The lowest BCUT2D eigenvalue weighted by molar-refractivity contribution is 0.626. The molecule has 3 rings (SSSR count). The second-order valence-electron chi connectivity index (χ2n) is 4.67. The molecule has 0 bridgehead atoms. The van der Waals surface area contributed by atoms with E-state index >= 15 is 0 Å². The van der Waals surface area contributed by atoms with E-state index in [9.17, 15) is 4.79 Å². The summed E-state index contributed by atoms with van der Waals surface area (Å²) < 4.78 is 2.21. The van der Waals surface area contributed by atoms with E-state index in [-0.39, 0.29) is 5.56 Å². The number of nitrogens with zero attached hydrogens (tertiary/aromatic N) is 3. The summed E-state index contributed by atoms with van der Waals surface area (Å²) in [4.78, 5) is 16.6. The maximum absolute atomic E-state index is 12.1. The van der Waals surface area contributed by atoms with E-state index in [1.165, 1.54) is 16.0 Å². The van der Waals surface area contributed by atoms with Crippen LogP contribution in [0.1, 0.15) is 16.1 Å². The van der Waals surface area contributed by atoms with Gasteiger partial charge in [-0.15, -0.1) is 11.3 Å². The smallest absolute Gasteiger partial charge is 0.267 e. The molecule has 0 unspecified atom stereocenters. The molecule has 0 aliphatic rings. The van der Waals surface area contributed by atoms with Crippen molar-refractivity contribution in [2.24, 2.45) is 0 Å². The van der Waals surface area contributed by atoms with Crippen LogP contribution in [0.5, 0.6) is 0 Å². The van der Waals surface area contributed by atoms with Gasteiger partial charge in [-0.05, 0) is 31.5 Å². The van der Waals surface area contributed by atoms with Crippen LogP contribution >= 0.6 is 34.5 Å². The van der Waals surface area contributed by atoms with Crippen molar-refractivity contribution >= 4 is 44.8 Å². The molecule has 0 aliphatic carbocycles. The van der Waals surface area contributed by atoms with Crippen molar-refractivity contribution in [3.63, 3.8) is 0 Å². The van der Waals surface area contributed by atoms with Gasteiger partial charge in [0.1, 0.15) is 11.2 Å². The SMILES string of the molecule is Cc1[c]nn(Cc2nc3cc(Cl)cc(Cl)c3s2)c(=O)c1C. The molecule has 3 aromatic rings. The molecular formula is C14H10Cl2N3OS. The Morgan fingerprint density at radius 2 is 2.10 bits per heavy atom. The number of fused-ring (bicyclic) bond motifs is 1. The van der Waals surface area contributed by atoms with Gasteiger partial charge < -0.3 is 0 Å². The molecule has 0 saturated carbocycles. The number of hydrogen-bond donors (Lipinski definition) is 0. The second kappa shape index (κ2) is 5.40. The van der Waals surface area contributed by atoms with E-state index in [2.05, 4.69) is 16.3 Å². The van der Waals surface area contributed by atoms with Crippen LogP contribution in [-0.4, -0.2) is 14.8 Å². The highest BCUT2D eigenvalue weighted by atomic mass is 35.5. The zero-order chi connectivity index (χ0) is 15.1. The lowest BCUT2D eigenvalue weighted by Crippen LogP contribution is -2.26. The Kier molecular flexibility index (Phi) is 3.73. The highest BCUT2D eigenvalue weighted by Crippen LogP contribution is 2.32. The Hall–Kier alpha value is -1.43. The summed E-state index contributed by atoms with van der Waals surface area (Å²) in [5.41, 5.74) is 2.01. The average molecular weight is 339 g/mol.